The largest absolute Gasteiger partial charge is 0.519 e. The predicted molar refractivity (Wildman–Crippen MR) is 87.7 cm³/mol. The van der Waals surface area contributed by atoms with Crippen LogP contribution in [0.3, 0.4) is 0 Å². The monoisotopic (exact) mass is 303 g/mol. The highest BCUT2D eigenvalue weighted by Crippen LogP contribution is 2.25. The molecule has 1 unspecified atom stereocenters. The summed E-state index contributed by atoms with van der Waals surface area (Å²) in [6.45, 7) is 12.4. The van der Waals surface area contributed by atoms with Crippen molar-refractivity contribution in [3.05, 3.63) is 58.1 Å². The third kappa shape index (κ3) is 4.10. The molecule has 0 N–H and O–H groups in total. The smallest absolute Gasteiger partial charge is 0.396 e. The molecule has 0 amide bonds. The van der Waals surface area contributed by atoms with Gasteiger partial charge in [-0.05, 0) is 37.8 Å². The van der Waals surface area contributed by atoms with E-state index in [0.29, 0.717) is 24.0 Å². The molecular weight excluding hydrogens is 278 g/mol. The molecule has 1 aromatic rings. The molecule has 0 fully saturated rings. The van der Waals surface area contributed by atoms with Gasteiger partial charge in [0.15, 0.2) is 5.76 Å². The molecule has 4 heteroatoms. The van der Waals surface area contributed by atoms with Crippen LogP contribution in [0.1, 0.15) is 38.2 Å². The Morgan fingerprint density at radius 2 is 2.14 bits per heavy atom. The first-order valence-corrected chi connectivity index (χ1v) is 7.87. The van der Waals surface area contributed by atoms with Gasteiger partial charge in [0.2, 0.25) is 0 Å². The van der Waals surface area contributed by atoms with Crippen LogP contribution in [0, 0.1) is 12.8 Å². The standard InChI is InChI=1S/C18H25NO3/c1-5-15-7-9-16(10-8-15)13(3)11-19(6-2)12-17-14(4)21-18(20)22-17/h5,7,9,13H,1,6,8,10-12H2,2-4H3. The van der Waals surface area contributed by atoms with Crippen LogP contribution in [0.2, 0.25) is 0 Å². The van der Waals surface area contributed by atoms with Crippen molar-refractivity contribution in [2.24, 2.45) is 5.92 Å². The van der Waals surface area contributed by atoms with E-state index >= 15 is 0 Å². The number of nitrogens with zero attached hydrogens (tertiary/aromatic N) is 1. The molecule has 1 aromatic heterocycles. The molecule has 120 valence electrons. The van der Waals surface area contributed by atoms with Gasteiger partial charge in [-0.1, -0.05) is 44.2 Å². The SMILES string of the molecule is C=CC1=CC=C(C(C)CN(CC)Cc2oc(=O)oc2C)CC1. The van der Waals surface area contributed by atoms with E-state index < -0.39 is 5.82 Å². The van der Waals surface area contributed by atoms with E-state index in [1.807, 2.05) is 6.08 Å². The zero-order valence-corrected chi connectivity index (χ0v) is 13.7. The lowest BCUT2D eigenvalue weighted by Crippen LogP contribution is -2.29. The third-order valence-corrected chi connectivity index (χ3v) is 4.29. The minimum atomic E-state index is -0.617. The van der Waals surface area contributed by atoms with Crippen LogP contribution in [0.4, 0.5) is 0 Å². The molecule has 22 heavy (non-hydrogen) atoms. The summed E-state index contributed by atoms with van der Waals surface area (Å²) in [6.07, 6.45) is 8.48. The maximum Gasteiger partial charge on any atom is 0.519 e. The second-order valence-corrected chi connectivity index (χ2v) is 5.85. The summed E-state index contributed by atoms with van der Waals surface area (Å²) in [5.74, 6) is 1.06. The van der Waals surface area contributed by atoms with Crippen molar-refractivity contribution in [3.8, 4) is 0 Å². The molecular formula is C18H25NO3. The van der Waals surface area contributed by atoms with Crippen molar-refractivity contribution in [3.63, 3.8) is 0 Å². The number of rotatable bonds is 7. The molecule has 1 aliphatic rings. The molecule has 0 saturated heterocycles. The Kier molecular flexibility index (Phi) is 5.61. The van der Waals surface area contributed by atoms with Crippen molar-refractivity contribution in [1.82, 2.24) is 4.90 Å². The number of hydrogen-bond donors (Lipinski definition) is 0. The van der Waals surface area contributed by atoms with Crippen molar-refractivity contribution in [1.29, 1.82) is 0 Å². The minimum absolute atomic E-state index is 0.474. The number of aryl methyl sites for hydroxylation is 1. The van der Waals surface area contributed by atoms with E-state index in [-0.39, 0.29) is 0 Å². The first-order valence-electron chi connectivity index (χ1n) is 7.87. The van der Waals surface area contributed by atoms with E-state index in [4.69, 9.17) is 8.83 Å². The topological polar surface area (TPSA) is 46.6 Å². The zero-order valence-electron chi connectivity index (χ0n) is 13.7. The fraction of sp³-hybridized carbons (Fsp3) is 0.500. The van der Waals surface area contributed by atoms with Gasteiger partial charge in [0, 0.05) is 6.54 Å². The van der Waals surface area contributed by atoms with E-state index in [2.05, 4.69) is 37.5 Å². The highest BCUT2D eigenvalue weighted by Gasteiger charge is 2.18. The van der Waals surface area contributed by atoms with Gasteiger partial charge < -0.3 is 8.83 Å². The highest BCUT2D eigenvalue weighted by atomic mass is 16.6. The van der Waals surface area contributed by atoms with E-state index in [0.717, 1.165) is 25.9 Å². The van der Waals surface area contributed by atoms with Crippen LogP contribution in [0.15, 0.2) is 49.6 Å². The van der Waals surface area contributed by atoms with Crippen LogP contribution >= 0.6 is 0 Å². The Bertz CT molecular complexity index is 633. The van der Waals surface area contributed by atoms with E-state index in [1.54, 1.807) is 6.92 Å². The Labute approximate surface area is 131 Å². The summed E-state index contributed by atoms with van der Waals surface area (Å²) < 4.78 is 10.0. The fourth-order valence-corrected chi connectivity index (χ4v) is 2.78. The van der Waals surface area contributed by atoms with Crippen LogP contribution in [-0.4, -0.2) is 18.0 Å². The first-order chi connectivity index (χ1) is 10.5. The molecule has 4 nitrogen and oxygen atoms in total. The Balaban J connectivity index is 1.99. The zero-order chi connectivity index (χ0) is 16.1. The van der Waals surface area contributed by atoms with Gasteiger partial charge in [-0.25, -0.2) is 4.79 Å². The van der Waals surface area contributed by atoms with Crippen LogP contribution in [-0.2, 0) is 6.54 Å². The van der Waals surface area contributed by atoms with E-state index in [1.165, 1.54) is 11.1 Å². The number of allylic oxidation sites excluding steroid dienone is 4. The minimum Gasteiger partial charge on any atom is -0.396 e. The summed E-state index contributed by atoms with van der Waals surface area (Å²) in [7, 11) is 0. The molecule has 1 heterocycles. The second-order valence-electron chi connectivity index (χ2n) is 5.85. The molecule has 0 aliphatic heterocycles. The van der Waals surface area contributed by atoms with Gasteiger partial charge >= 0.3 is 5.82 Å². The van der Waals surface area contributed by atoms with Crippen LogP contribution < -0.4 is 5.82 Å². The predicted octanol–water partition coefficient (Wildman–Crippen LogP) is 3.83. The lowest BCUT2D eigenvalue weighted by atomic mass is 9.90. The molecule has 2 rings (SSSR count). The Morgan fingerprint density at radius 3 is 2.64 bits per heavy atom. The normalized spacial score (nSPS) is 16.4. The van der Waals surface area contributed by atoms with Gasteiger partial charge in [0.25, 0.3) is 0 Å². The molecule has 1 aliphatic carbocycles. The van der Waals surface area contributed by atoms with Crippen LogP contribution in [0.25, 0.3) is 0 Å². The van der Waals surface area contributed by atoms with Crippen LogP contribution in [0.5, 0.6) is 0 Å². The Morgan fingerprint density at radius 1 is 1.36 bits per heavy atom. The molecule has 0 radical (unpaired) electrons. The quantitative estimate of drug-likeness (QED) is 0.768. The maximum atomic E-state index is 11.1. The third-order valence-electron chi connectivity index (χ3n) is 4.29. The summed E-state index contributed by atoms with van der Waals surface area (Å²) in [4.78, 5) is 13.4. The summed E-state index contributed by atoms with van der Waals surface area (Å²) in [6, 6.07) is 0. The maximum absolute atomic E-state index is 11.1. The van der Waals surface area contributed by atoms with Crippen molar-refractivity contribution in [2.45, 2.75) is 40.2 Å². The molecule has 0 bridgehead atoms. The average Bonchev–Trinajstić information content (AvgIpc) is 2.84. The fourth-order valence-electron chi connectivity index (χ4n) is 2.78. The Hall–Kier alpha value is -1.81. The van der Waals surface area contributed by atoms with Gasteiger partial charge in [0.1, 0.15) is 5.76 Å². The van der Waals surface area contributed by atoms with E-state index in [9.17, 15) is 4.79 Å². The lowest BCUT2D eigenvalue weighted by molar-refractivity contribution is 0.229. The summed E-state index contributed by atoms with van der Waals surface area (Å²) in [5.41, 5.74) is 2.77. The summed E-state index contributed by atoms with van der Waals surface area (Å²) in [5, 5.41) is 0. The van der Waals surface area contributed by atoms with Gasteiger partial charge in [-0.3, -0.25) is 4.90 Å². The summed E-state index contributed by atoms with van der Waals surface area (Å²) >= 11 is 0. The lowest BCUT2D eigenvalue weighted by Gasteiger charge is -2.26. The van der Waals surface area contributed by atoms with Crippen molar-refractivity contribution in [2.75, 3.05) is 13.1 Å². The number of hydrogen-bond acceptors (Lipinski definition) is 4. The first kappa shape index (κ1) is 16.6. The average molecular weight is 303 g/mol. The van der Waals surface area contributed by atoms with Crippen molar-refractivity contribution < 1.29 is 8.83 Å². The van der Waals surface area contributed by atoms with Gasteiger partial charge in [-0.2, -0.15) is 0 Å². The van der Waals surface area contributed by atoms with Crippen molar-refractivity contribution >= 4 is 0 Å². The van der Waals surface area contributed by atoms with Gasteiger partial charge in [0.05, 0.1) is 6.54 Å². The highest BCUT2D eigenvalue weighted by molar-refractivity contribution is 5.30. The molecule has 0 spiro atoms. The molecule has 0 saturated carbocycles. The van der Waals surface area contributed by atoms with Gasteiger partial charge in [-0.15, -0.1) is 0 Å². The molecule has 1 atom stereocenters. The molecule has 0 aromatic carbocycles. The second kappa shape index (κ2) is 7.45.